The summed E-state index contributed by atoms with van der Waals surface area (Å²) in [5.74, 6) is 0.867. The largest absolute Gasteiger partial charge is 0.390 e. The van der Waals surface area contributed by atoms with E-state index in [9.17, 15) is 5.11 Å². The first kappa shape index (κ1) is 10.1. The Morgan fingerprint density at radius 3 is 2.94 bits per heavy atom. The molecule has 0 radical (unpaired) electrons. The number of nitrogens with one attached hydrogen (secondary N) is 1. The molecule has 0 spiro atoms. The van der Waals surface area contributed by atoms with Gasteiger partial charge in [-0.15, -0.1) is 0 Å². The monoisotopic (exact) mass is 227 g/mol. The summed E-state index contributed by atoms with van der Waals surface area (Å²) in [6.07, 6.45) is 3.66. The summed E-state index contributed by atoms with van der Waals surface area (Å²) >= 11 is 0. The van der Waals surface area contributed by atoms with Crippen molar-refractivity contribution in [1.82, 2.24) is 14.5 Å². The normalized spacial score (nSPS) is 11.2. The number of aromatic amines is 1. The summed E-state index contributed by atoms with van der Waals surface area (Å²) in [5.41, 5.74) is 2.96. The Balaban J connectivity index is 2.24. The molecule has 1 aromatic carbocycles. The zero-order valence-electron chi connectivity index (χ0n) is 9.51. The molecule has 0 amide bonds. The molecule has 3 aromatic rings. The van der Waals surface area contributed by atoms with Crippen molar-refractivity contribution in [3.05, 3.63) is 42.4 Å². The molecule has 17 heavy (non-hydrogen) atoms. The van der Waals surface area contributed by atoms with E-state index in [1.54, 1.807) is 6.20 Å². The van der Waals surface area contributed by atoms with Gasteiger partial charge in [0.2, 0.25) is 0 Å². The zero-order valence-corrected chi connectivity index (χ0v) is 9.51. The number of H-pyrrole nitrogens is 1. The van der Waals surface area contributed by atoms with Crippen LogP contribution in [0.25, 0.3) is 22.3 Å². The number of para-hydroxylation sites is 1. The molecule has 0 fully saturated rings. The van der Waals surface area contributed by atoms with Gasteiger partial charge < -0.3 is 14.7 Å². The lowest BCUT2D eigenvalue weighted by molar-refractivity contribution is 0.273. The van der Waals surface area contributed by atoms with Crippen LogP contribution in [-0.2, 0) is 13.7 Å². The Morgan fingerprint density at radius 1 is 1.35 bits per heavy atom. The van der Waals surface area contributed by atoms with Crippen LogP contribution in [0, 0.1) is 0 Å². The molecule has 2 N–H and O–H groups in total. The van der Waals surface area contributed by atoms with Gasteiger partial charge in [0.1, 0.15) is 5.82 Å². The van der Waals surface area contributed by atoms with Gasteiger partial charge in [-0.05, 0) is 6.07 Å². The number of hydrogen-bond acceptors (Lipinski definition) is 2. The molecule has 0 saturated carbocycles. The molecular formula is C13H13N3O. The fourth-order valence-electron chi connectivity index (χ4n) is 2.10. The van der Waals surface area contributed by atoms with Crippen molar-refractivity contribution in [3.63, 3.8) is 0 Å². The van der Waals surface area contributed by atoms with Gasteiger partial charge in [0.25, 0.3) is 0 Å². The van der Waals surface area contributed by atoms with Crippen molar-refractivity contribution >= 4 is 10.9 Å². The van der Waals surface area contributed by atoms with Crippen LogP contribution >= 0.6 is 0 Å². The Kier molecular flexibility index (Phi) is 2.23. The van der Waals surface area contributed by atoms with Crippen molar-refractivity contribution < 1.29 is 5.11 Å². The number of benzene rings is 1. The highest BCUT2D eigenvalue weighted by atomic mass is 16.3. The lowest BCUT2D eigenvalue weighted by Crippen LogP contribution is -1.97. The minimum absolute atomic E-state index is 0.00581. The van der Waals surface area contributed by atoms with Crippen LogP contribution < -0.4 is 0 Å². The number of rotatable bonds is 2. The maximum absolute atomic E-state index is 9.17. The second kappa shape index (κ2) is 3.75. The predicted octanol–water partition coefficient (Wildman–Crippen LogP) is 2.06. The third-order valence-electron chi connectivity index (χ3n) is 3.08. The van der Waals surface area contributed by atoms with Gasteiger partial charge >= 0.3 is 0 Å². The van der Waals surface area contributed by atoms with Gasteiger partial charge in [0.05, 0.1) is 18.5 Å². The number of aliphatic hydroxyl groups excluding tert-OH is 1. The number of hydrogen-bond donors (Lipinski definition) is 2. The molecule has 3 rings (SSSR count). The van der Waals surface area contributed by atoms with E-state index in [2.05, 4.69) is 16.0 Å². The highest BCUT2D eigenvalue weighted by Gasteiger charge is 2.12. The maximum Gasteiger partial charge on any atom is 0.142 e. The van der Waals surface area contributed by atoms with E-state index >= 15 is 0 Å². The summed E-state index contributed by atoms with van der Waals surface area (Å²) < 4.78 is 1.91. The number of imidazole rings is 1. The van der Waals surface area contributed by atoms with Crippen LogP contribution in [-0.4, -0.2) is 19.6 Å². The minimum Gasteiger partial charge on any atom is -0.390 e. The summed E-state index contributed by atoms with van der Waals surface area (Å²) in [4.78, 5) is 7.59. The molecule has 0 atom stereocenters. The van der Waals surface area contributed by atoms with Gasteiger partial charge in [-0.1, -0.05) is 18.2 Å². The first-order chi connectivity index (χ1) is 8.31. The van der Waals surface area contributed by atoms with Crippen molar-refractivity contribution in [2.45, 2.75) is 6.61 Å². The third kappa shape index (κ3) is 1.45. The molecular weight excluding hydrogens is 214 g/mol. The average molecular weight is 227 g/mol. The smallest absolute Gasteiger partial charge is 0.142 e. The lowest BCUT2D eigenvalue weighted by Gasteiger charge is -2.02. The number of aromatic nitrogens is 3. The second-order valence-electron chi connectivity index (χ2n) is 4.04. The highest BCUT2D eigenvalue weighted by molar-refractivity contribution is 5.93. The zero-order chi connectivity index (χ0) is 11.8. The van der Waals surface area contributed by atoms with Crippen molar-refractivity contribution in [3.8, 4) is 11.4 Å². The van der Waals surface area contributed by atoms with Crippen molar-refractivity contribution in [2.24, 2.45) is 7.05 Å². The van der Waals surface area contributed by atoms with Crippen LogP contribution in [0.15, 0.2) is 36.7 Å². The molecule has 2 aromatic heterocycles. The van der Waals surface area contributed by atoms with E-state index in [0.717, 1.165) is 28.0 Å². The Bertz CT molecular complexity index is 666. The topological polar surface area (TPSA) is 53.8 Å². The number of aliphatic hydroxyl groups is 1. The summed E-state index contributed by atoms with van der Waals surface area (Å²) in [7, 11) is 1.91. The minimum atomic E-state index is 0.00581. The number of nitrogens with zero attached hydrogens (tertiary/aromatic N) is 2. The molecule has 2 heterocycles. The summed E-state index contributed by atoms with van der Waals surface area (Å²) in [6.45, 7) is 0.00581. The second-order valence-corrected chi connectivity index (χ2v) is 4.04. The molecule has 0 aliphatic heterocycles. The number of fused-ring (bicyclic) bond motifs is 1. The first-order valence-corrected chi connectivity index (χ1v) is 5.49. The van der Waals surface area contributed by atoms with Gasteiger partial charge in [-0.2, -0.15) is 0 Å². The van der Waals surface area contributed by atoms with Gasteiger partial charge in [0.15, 0.2) is 0 Å². The van der Waals surface area contributed by atoms with Crippen LogP contribution in [0.3, 0.4) is 0 Å². The van der Waals surface area contributed by atoms with Gasteiger partial charge in [0, 0.05) is 29.7 Å². The summed E-state index contributed by atoms with van der Waals surface area (Å²) in [5, 5.41) is 10.3. The fourth-order valence-corrected chi connectivity index (χ4v) is 2.10. The van der Waals surface area contributed by atoms with Gasteiger partial charge in [-0.3, -0.25) is 0 Å². The van der Waals surface area contributed by atoms with Gasteiger partial charge in [-0.25, -0.2) is 4.98 Å². The van der Waals surface area contributed by atoms with E-state index in [-0.39, 0.29) is 6.61 Å². The Morgan fingerprint density at radius 2 is 2.18 bits per heavy atom. The Labute approximate surface area is 98.5 Å². The molecule has 0 saturated heterocycles. The fraction of sp³-hybridized carbons (Fsp3) is 0.154. The molecule has 86 valence electrons. The highest BCUT2D eigenvalue weighted by Crippen LogP contribution is 2.27. The molecule has 4 heteroatoms. The lowest BCUT2D eigenvalue weighted by atomic mass is 10.1. The molecule has 0 aliphatic rings. The first-order valence-electron chi connectivity index (χ1n) is 5.49. The van der Waals surface area contributed by atoms with Crippen molar-refractivity contribution in [1.29, 1.82) is 0 Å². The van der Waals surface area contributed by atoms with E-state index < -0.39 is 0 Å². The Hall–Kier alpha value is -2.07. The third-order valence-corrected chi connectivity index (χ3v) is 3.08. The average Bonchev–Trinajstić information content (AvgIpc) is 2.92. The van der Waals surface area contributed by atoms with Crippen LogP contribution in [0.5, 0.6) is 0 Å². The standard InChI is InChI=1S/C13H13N3O/c1-16-9(8-17)6-15-13(16)11-7-14-12-5-3-2-4-10(11)12/h2-7,14,17H,8H2,1H3. The van der Waals surface area contributed by atoms with Crippen LogP contribution in [0.1, 0.15) is 5.69 Å². The van der Waals surface area contributed by atoms with Crippen molar-refractivity contribution in [2.75, 3.05) is 0 Å². The molecule has 4 nitrogen and oxygen atoms in total. The predicted molar refractivity (Wildman–Crippen MR) is 66.4 cm³/mol. The molecule has 0 aliphatic carbocycles. The molecule has 0 unspecified atom stereocenters. The van der Waals surface area contributed by atoms with E-state index in [4.69, 9.17) is 0 Å². The van der Waals surface area contributed by atoms with E-state index in [0.29, 0.717) is 0 Å². The van der Waals surface area contributed by atoms with Crippen LogP contribution in [0.2, 0.25) is 0 Å². The SMILES string of the molecule is Cn1c(CO)cnc1-c1c[nH]c2ccccc12. The van der Waals surface area contributed by atoms with Crippen LogP contribution in [0.4, 0.5) is 0 Å². The molecule has 0 bridgehead atoms. The summed E-state index contributed by atoms with van der Waals surface area (Å²) in [6, 6.07) is 8.11. The maximum atomic E-state index is 9.17. The van der Waals surface area contributed by atoms with E-state index in [1.807, 2.05) is 36.0 Å². The quantitative estimate of drug-likeness (QED) is 0.704. The van der Waals surface area contributed by atoms with E-state index in [1.165, 1.54) is 0 Å².